The first-order chi connectivity index (χ1) is 18.8. The van der Waals surface area contributed by atoms with Gasteiger partial charge in [-0.1, -0.05) is 36.8 Å². The predicted molar refractivity (Wildman–Crippen MR) is 148 cm³/mol. The van der Waals surface area contributed by atoms with Gasteiger partial charge in [-0.05, 0) is 36.8 Å². The fourth-order valence-electron chi connectivity index (χ4n) is 3.39. The van der Waals surface area contributed by atoms with E-state index in [4.69, 9.17) is 21.1 Å². The van der Waals surface area contributed by atoms with Crippen molar-refractivity contribution in [3.63, 3.8) is 0 Å². The van der Waals surface area contributed by atoms with Gasteiger partial charge in [0.05, 0.1) is 25.2 Å². The van der Waals surface area contributed by atoms with Crippen molar-refractivity contribution in [3.8, 4) is 38.8 Å². The van der Waals surface area contributed by atoms with Crippen LogP contribution in [0.4, 0.5) is 8.78 Å². The molecule has 5 aromatic rings. The first-order valence-electron chi connectivity index (χ1n) is 11.5. The molecule has 0 saturated carbocycles. The van der Waals surface area contributed by atoms with Crippen molar-refractivity contribution in [2.75, 3.05) is 7.11 Å². The number of aromatic nitrogens is 6. The van der Waals surface area contributed by atoms with Crippen molar-refractivity contribution < 1.29 is 18.3 Å². The Morgan fingerprint density at radius 1 is 0.949 bits per heavy atom. The molecule has 39 heavy (non-hydrogen) atoms. The number of rotatable bonds is 5. The number of primary amides is 1. The van der Waals surface area contributed by atoms with Gasteiger partial charge in [-0.25, -0.2) is 28.7 Å². The van der Waals surface area contributed by atoms with E-state index in [0.717, 1.165) is 28.6 Å². The molecule has 5 heterocycles. The standard InChI is InChI=1S/C23H15ClF2N6OS.C2H6.CH3NO/c1-11-5-13(14-6-19(24)29-10-18(14)33-2)15(8-27-11)22-32-21-23(34-22)31-17(9-30-21)16-4-3-12(7-28-16)20(25)26;1-2;2-1-3/h3-10,20H,1-2H3;1-2H3;1H,(H2,2,3). The summed E-state index contributed by atoms with van der Waals surface area (Å²) in [6, 6.07) is 6.49. The molecular formula is C26H24ClF2N7O2S. The molecule has 202 valence electrons. The van der Waals surface area contributed by atoms with Gasteiger partial charge in [0.1, 0.15) is 21.6 Å². The van der Waals surface area contributed by atoms with Crippen molar-refractivity contribution in [1.29, 1.82) is 0 Å². The smallest absolute Gasteiger partial charge is 0.265 e. The Morgan fingerprint density at radius 2 is 1.69 bits per heavy atom. The normalized spacial score (nSPS) is 10.4. The molecule has 0 aliphatic carbocycles. The SMILES string of the molecule is CC.COc1cnc(Cl)cc1-c1cc(C)ncc1-c1nc2ncc(-c3ccc(C(F)F)cn3)nc2s1.NC=O. The second-order valence-electron chi connectivity index (χ2n) is 7.40. The van der Waals surface area contributed by atoms with E-state index in [-0.39, 0.29) is 12.0 Å². The third-order valence-electron chi connectivity index (χ3n) is 5.04. The Kier molecular flexibility index (Phi) is 10.2. The first-order valence-corrected chi connectivity index (χ1v) is 12.7. The first kappa shape index (κ1) is 29.4. The molecule has 0 atom stereocenters. The summed E-state index contributed by atoms with van der Waals surface area (Å²) >= 11 is 7.50. The number of carbonyl (C=O) groups excluding carboxylic acids is 1. The Hall–Kier alpha value is -4.16. The largest absolute Gasteiger partial charge is 0.494 e. The Labute approximate surface area is 232 Å². The number of hydrogen-bond donors (Lipinski definition) is 1. The van der Waals surface area contributed by atoms with Crippen LogP contribution in [0, 0.1) is 6.92 Å². The molecule has 5 rings (SSSR count). The second-order valence-corrected chi connectivity index (χ2v) is 8.76. The Balaban J connectivity index is 0.000000787. The lowest BCUT2D eigenvalue weighted by molar-refractivity contribution is -0.106. The minimum absolute atomic E-state index is 0.149. The highest BCUT2D eigenvalue weighted by Crippen LogP contribution is 2.40. The van der Waals surface area contributed by atoms with Gasteiger partial charge in [0, 0.05) is 34.8 Å². The summed E-state index contributed by atoms with van der Waals surface area (Å²) in [5.74, 6) is 0.564. The van der Waals surface area contributed by atoms with Gasteiger partial charge in [0.2, 0.25) is 6.41 Å². The van der Waals surface area contributed by atoms with Gasteiger partial charge < -0.3 is 10.5 Å². The number of carbonyl (C=O) groups is 1. The van der Waals surface area contributed by atoms with Crippen molar-refractivity contribution in [3.05, 3.63) is 65.5 Å². The van der Waals surface area contributed by atoms with Crippen molar-refractivity contribution in [2.24, 2.45) is 5.73 Å². The molecule has 0 bridgehead atoms. The molecule has 0 spiro atoms. The molecule has 0 aliphatic rings. The van der Waals surface area contributed by atoms with E-state index in [1.165, 1.54) is 29.7 Å². The average molecular weight is 572 g/mol. The minimum Gasteiger partial charge on any atom is -0.494 e. The number of pyridine rings is 3. The predicted octanol–water partition coefficient (Wildman–Crippen LogP) is 6.31. The summed E-state index contributed by atoms with van der Waals surface area (Å²) < 4.78 is 31.1. The molecule has 0 saturated heterocycles. The topological polar surface area (TPSA) is 130 Å². The number of nitrogens with zero attached hydrogens (tertiary/aromatic N) is 6. The molecule has 0 aromatic carbocycles. The summed E-state index contributed by atoms with van der Waals surface area (Å²) in [6.45, 7) is 5.89. The molecule has 0 aliphatic heterocycles. The van der Waals surface area contributed by atoms with E-state index < -0.39 is 6.43 Å². The van der Waals surface area contributed by atoms with Gasteiger partial charge in [0.25, 0.3) is 6.43 Å². The van der Waals surface area contributed by atoms with Crippen LogP contribution in [0.5, 0.6) is 5.75 Å². The summed E-state index contributed by atoms with van der Waals surface area (Å²) in [4.78, 5) is 35.4. The van der Waals surface area contributed by atoms with Crippen LogP contribution in [0.15, 0.2) is 49.1 Å². The van der Waals surface area contributed by atoms with Gasteiger partial charge in [0.15, 0.2) is 10.5 Å². The van der Waals surface area contributed by atoms with E-state index in [0.29, 0.717) is 37.8 Å². The number of ether oxygens (including phenoxy) is 1. The highest BCUT2D eigenvalue weighted by molar-refractivity contribution is 7.21. The fraction of sp³-hybridized carbons (Fsp3) is 0.192. The monoisotopic (exact) mass is 571 g/mol. The van der Waals surface area contributed by atoms with E-state index in [1.54, 1.807) is 25.6 Å². The van der Waals surface area contributed by atoms with Crippen molar-refractivity contribution >= 4 is 39.8 Å². The van der Waals surface area contributed by atoms with E-state index in [2.05, 4.69) is 35.6 Å². The highest BCUT2D eigenvalue weighted by atomic mass is 35.5. The number of aryl methyl sites for hydroxylation is 1. The maximum absolute atomic E-state index is 12.8. The number of nitrogens with two attached hydrogens (primary N) is 1. The average Bonchev–Trinajstić information content (AvgIpc) is 3.38. The van der Waals surface area contributed by atoms with Gasteiger partial charge in [-0.3, -0.25) is 14.8 Å². The van der Waals surface area contributed by atoms with Crippen LogP contribution in [-0.2, 0) is 4.79 Å². The molecule has 1 amide bonds. The summed E-state index contributed by atoms with van der Waals surface area (Å²) in [5, 5.41) is 0.990. The summed E-state index contributed by atoms with van der Waals surface area (Å²) in [5.41, 5.74) is 8.55. The molecule has 13 heteroatoms. The lowest BCUT2D eigenvalue weighted by Crippen LogP contribution is -1.94. The minimum atomic E-state index is -2.58. The Bertz CT molecular complexity index is 1570. The van der Waals surface area contributed by atoms with Gasteiger partial charge >= 0.3 is 0 Å². The number of alkyl halides is 2. The molecule has 0 fully saturated rings. The van der Waals surface area contributed by atoms with Gasteiger partial charge in [-0.15, -0.1) is 0 Å². The lowest BCUT2D eigenvalue weighted by atomic mass is 10.0. The number of hydrogen-bond acceptors (Lipinski definition) is 9. The van der Waals surface area contributed by atoms with Crippen molar-refractivity contribution in [1.82, 2.24) is 29.9 Å². The van der Waals surface area contributed by atoms with Crippen LogP contribution >= 0.6 is 22.9 Å². The number of thiazole rings is 1. The third kappa shape index (κ3) is 6.84. The number of halogens is 3. The summed E-state index contributed by atoms with van der Waals surface area (Å²) in [6.07, 6.45) is 3.64. The molecule has 0 radical (unpaired) electrons. The number of amides is 1. The second kappa shape index (κ2) is 13.6. The van der Waals surface area contributed by atoms with Crippen molar-refractivity contribution in [2.45, 2.75) is 27.2 Å². The fourth-order valence-corrected chi connectivity index (χ4v) is 4.47. The number of fused-ring (bicyclic) bond motifs is 1. The zero-order valence-electron chi connectivity index (χ0n) is 21.4. The van der Waals surface area contributed by atoms with Crippen LogP contribution in [0.25, 0.3) is 43.6 Å². The van der Waals surface area contributed by atoms with E-state index in [9.17, 15) is 8.78 Å². The molecule has 5 aromatic heterocycles. The zero-order valence-corrected chi connectivity index (χ0v) is 23.0. The van der Waals surface area contributed by atoms with Crippen LogP contribution in [0.3, 0.4) is 0 Å². The maximum Gasteiger partial charge on any atom is 0.265 e. The maximum atomic E-state index is 12.8. The van der Waals surface area contributed by atoms with Crippen LogP contribution in [0.1, 0.15) is 31.5 Å². The molecule has 0 unspecified atom stereocenters. The van der Waals surface area contributed by atoms with Gasteiger partial charge in [-0.2, -0.15) is 0 Å². The van der Waals surface area contributed by atoms with Crippen LogP contribution < -0.4 is 10.5 Å². The molecule has 2 N–H and O–H groups in total. The zero-order chi connectivity index (χ0) is 28.5. The third-order valence-corrected chi connectivity index (χ3v) is 6.22. The van der Waals surface area contributed by atoms with Crippen LogP contribution in [-0.4, -0.2) is 43.4 Å². The van der Waals surface area contributed by atoms with E-state index >= 15 is 0 Å². The lowest BCUT2D eigenvalue weighted by Gasteiger charge is -2.12. The van der Waals surface area contributed by atoms with E-state index in [1.807, 2.05) is 26.8 Å². The molecular weight excluding hydrogens is 548 g/mol. The highest BCUT2D eigenvalue weighted by Gasteiger charge is 2.18. The van der Waals surface area contributed by atoms with Crippen LogP contribution in [0.2, 0.25) is 5.15 Å². The Morgan fingerprint density at radius 3 is 2.33 bits per heavy atom. The molecule has 9 nitrogen and oxygen atoms in total. The summed E-state index contributed by atoms with van der Waals surface area (Å²) in [7, 11) is 1.57. The quantitative estimate of drug-likeness (QED) is 0.192. The number of methoxy groups -OCH3 is 1.